The number of aliphatic hydroxyl groups is 1. The van der Waals surface area contributed by atoms with E-state index in [4.69, 9.17) is 34.8 Å². The van der Waals surface area contributed by atoms with Gasteiger partial charge < -0.3 is 10.4 Å². The normalized spacial score (nSPS) is 13.5. The minimum Gasteiger partial charge on any atom is -0.386 e. The zero-order valence-electron chi connectivity index (χ0n) is 13.6. The maximum atomic E-state index is 14.3. The monoisotopic (exact) mass is 529 g/mol. The van der Waals surface area contributed by atoms with Crippen molar-refractivity contribution in [2.24, 2.45) is 0 Å². The first-order valence-electron chi connectivity index (χ1n) is 7.66. The Labute approximate surface area is 180 Å². The third-order valence-corrected chi connectivity index (χ3v) is 5.68. The van der Waals surface area contributed by atoms with Gasteiger partial charge in [-0.2, -0.15) is 0 Å². The van der Waals surface area contributed by atoms with Crippen LogP contribution in [0.4, 0.5) is 4.39 Å². The highest BCUT2D eigenvalue weighted by Gasteiger charge is 2.20. The minimum absolute atomic E-state index is 0.0406. The van der Waals surface area contributed by atoms with E-state index in [-0.39, 0.29) is 28.1 Å². The second-order valence-electron chi connectivity index (χ2n) is 5.78. The molecule has 0 aliphatic carbocycles. The van der Waals surface area contributed by atoms with E-state index in [0.717, 1.165) is 4.43 Å². The molecule has 3 nitrogen and oxygen atoms in total. The van der Waals surface area contributed by atoms with Crippen LogP contribution < -0.4 is 5.32 Å². The van der Waals surface area contributed by atoms with Crippen molar-refractivity contribution in [3.63, 3.8) is 0 Å². The van der Waals surface area contributed by atoms with Gasteiger partial charge in [0.15, 0.2) is 0 Å². The number of aliphatic hydroxyl groups excluding tert-OH is 1. The molecule has 1 amide bonds. The summed E-state index contributed by atoms with van der Waals surface area (Å²) in [4.78, 5) is 11.4. The first kappa shape index (κ1) is 21.7. The molecule has 2 aromatic rings. The van der Waals surface area contributed by atoms with Gasteiger partial charge in [0.2, 0.25) is 0 Å². The Hall–Kier alpha value is -0.600. The van der Waals surface area contributed by atoms with Crippen LogP contribution in [0.15, 0.2) is 36.4 Å². The number of amides is 1. The summed E-state index contributed by atoms with van der Waals surface area (Å²) in [6.45, 7) is 1.87. The Morgan fingerprint density at radius 1 is 1.27 bits per heavy atom. The second kappa shape index (κ2) is 9.55. The van der Waals surface area contributed by atoms with Gasteiger partial charge in [-0.05, 0) is 54.4 Å². The molecule has 0 heterocycles. The number of halogens is 5. The fraction of sp³-hybridized carbons (Fsp3) is 0.278. The van der Waals surface area contributed by atoms with Crippen molar-refractivity contribution < 1.29 is 14.3 Å². The molecule has 2 aromatic carbocycles. The van der Waals surface area contributed by atoms with Crippen molar-refractivity contribution in [1.29, 1.82) is 0 Å². The van der Waals surface area contributed by atoms with Gasteiger partial charge in [0.1, 0.15) is 16.8 Å². The summed E-state index contributed by atoms with van der Waals surface area (Å²) in [5.41, 5.74) is 1.26. The van der Waals surface area contributed by atoms with Crippen LogP contribution in [-0.2, 0) is 0 Å². The van der Waals surface area contributed by atoms with Crippen molar-refractivity contribution in [2.75, 3.05) is 4.43 Å². The maximum absolute atomic E-state index is 14.3. The second-order valence-corrected chi connectivity index (χ2v) is 8.26. The highest BCUT2D eigenvalue weighted by atomic mass is 127. The number of rotatable bonds is 6. The molecule has 8 heteroatoms. The van der Waals surface area contributed by atoms with Gasteiger partial charge in [-0.25, -0.2) is 4.39 Å². The number of benzene rings is 2. The summed E-state index contributed by atoms with van der Waals surface area (Å²) in [7, 11) is 0. The van der Waals surface area contributed by atoms with Crippen molar-refractivity contribution in [3.8, 4) is 11.1 Å². The zero-order chi connectivity index (χ0) is 19.4. The number of hydrogen-bond acceptors (Lipinski definition) is 2. The standard InChI is InChI=1S/C18H16Cl3FINO2/c1-9(8-23)24-18(26)12-5-10(4-11(6-12)16(25)17(20)21)14-3-2-13(19)7-15(14)22/h2-7,9,16-17,25H,8H2,1H3,(H,24,26). The van der Waals surface area contributed by atoms with E-state index in [2.05, 4.69) is 27.9 Å². The summed E-state index contributed by atoms with van der Waals surface area (Å²) in [5, 5.41) is 13.3. The first-order valence-corrected chi connectivity index (χ1v) is 10.4. The number of nitrogens with one attached hydrogen (secondary N) is 1. The topological polar surface area (TPSA) is 49.3 Å². The quantitative estimate of drug-likeness (QED) is 0.381. The number of carbonyl (C=O) groups is 1. The summed E-state index contributed by atoms with van der Waals surface area (Å²) >= 11 is 19.5. The summed E-state index contributed by atoms with van der Waals surface area (Å²) in [6.07, 6.45) is -1.22. The fourth-order valence-corrected chi connectivity index (χ4v) is 2.99. The third-order valence-electron chi connectivity index (χ3n) is 3.65. The first-order chi connectivity index (χ1) is 12.2. The lowest BCUT2D eigenvalue weighted by molar-refractivity contribution is 0.0944. The zero-order valence-corrected chi connectivity index (χ0v) is 18.1. The molecule has 0 saturated heterocycles. The van der Waals surface area contributed by atoms with Crippen LogP contribution in [0.2, 0.25) is 5.02 Å². The molecule has 2 unspecified atom stereocenters. The molecule has 0 fully saturated rings. The molecule has 0 aliphatic heterocycles. The molecule has 0 saturated carbocycles. The van der Waals surface area contributed by atoms with Crippen LogP contribution in [0.5, 0.6) is 0 Å². The van der Waals surface area contributed by atoms with Crippen LogP contribution in [-0.4, -0.2) is 26.3 Å². The van der Waals surface area contributed by atoms with Gasteiger partial charge in [-0.3, -0.25) is 4.79 Å². The van der Waals surface area contributed by atoms with Crippen LogP contribution in [0.25, 0.3) is 11.1 Å². The van der Waals surface area contributed by atoms with E-state index < -0.39 is 16.8 Å². The predicted molar refractivity (Wildman–Crippen MR) is 113 cm³/mol. The Balaban J connectivity index is 2.55. The molecule has 0 aliphatic rings. The van der Waals surface area contributed by atoms with E-state index >= 15 is 0 Å². The Morgan fingerprint density at radius 2 is 1.96 bits per heavy atom. The molecule has 0 aromatic heterocycles. The van der Waals surface area contributed by atoms with E-state index in [1.165, 1.54) is 18.2 Å². The van der Waals surface area contributed by atoms with Crippen molar-refractivity contribution in [3.05, 3.63) is 58.4 Å². The molecule has 2 rings (SSSR count). The third kappa shape index (κ3) is 5.45. The van der Waals surface area contributed by atoms with Crippen molar-refractivity contribution in [2.45, 2.75) is 23.9 Å². The molecule has 140 valence electrons. The Morgan fingerprint density at radius 3 is 2.54 bits per heavy atom. The van der Waals surface area contributed by atoms with Gasteiger partial charge in [0.25, 0.3) is 5.91 Å². The number of carbonyl (C=O) groups excluding carboxylic acids is 1. The fourth-order valence-electron chi connectivity index (χ4n) is 2.32. The SMILES string of the molecule is CC(CI)NC(=O)c1cc(-c2ccc(Cl)cc2F)cc(C(O)C(Cl)Cl)c1. The summed E-state index contributed by atoms with van der Waals surface area (Å²) in [6, 6.07) is 8.80. The lowest BCUT2D eigenvalue weighted by atomic mass is 9.97. The Bertz CT molecular complexity index is 804. The molecule has 2 N–H and O–H groups in total. The van der Waals surface area contributed by atoms with E-state index in [9.17, 15) is 14.3 Å². The molecule has 0 spiro atoms. The van der Waals surface area contributed by atoms with E-state index in [1.54, 1.807) is 18.2 Å². The number of alkyl halides is 3. The molecular formula is C18H16Cl3FINO2. The van der Waals surface area contributed by atoms with Crippen LogP contribution in [0.3, 0.4) is 0 Å². The average molecular weight is 531 g/mol. The predicted octanol–water partition coefficient (Wildman–Crippen LogP) is 5.54. The lowest BCUT2D eigenvalue weighted by Crippen LogP contribution is -2.33. The highest BCUT2D eigenvalue weighted by Crippen LogP contribution is 2.31. The maximum Gasteiger partial charge on any atom is 0.251 e. The molecule has 26 heavy (non-hydrogen) atoms. The van der Waals surface area contributed by atoms with Gasteiger partial charge in [-0.15, -0.1) is 23.2 Å². The number of hydrogen-bond donors (Lipinski definition) is 2. The lowest BCUT2D eigenvalue weighted by Gasteiger charge is -2.17. The largest absolute Gasteiger partial charge is 0.386 e. The van der Waals surface area contributed by atoms with E-state index in [0.29, 0.717) is 11.1 Å². The molecule has 0 radical (unpaired) electrons. The van der Waals surface area contributed by atoms with Gasteiger partial charge in [-0.1, -0.05) is 34.2 Å². The van der Waals surface area contributed by atoms with Gasteiger partial charge in [0.05, 0.1) is 0 Å². The van der Waals surface area contributed by atoms with Crippen LogP contribution in [0, 0.1) is 5.82 Å². The highest BCUT2D eigenvalue weighted by molar-refractivity contribution is 14.1. The smallest absolute Gasteiger partial charge is 0.251 e. The van der Waals surface area contributed by atoms with Gasteiger partial charge >= 0.3 is 0 Å². The Kier molecular flexibility index (Phi) is 7.97. The van der Waals surface area contributed by atoms with Crippen molar-refractivity contribution >= 4 is 63.3 Å². The molecule has 0 bridgehead atoms. The summed E-state index contributed by atoms with van der Waals surface area (Å²) < 4.78 is 15.1. The average Bonchev–Trinajstić information content (AvgIpc) is 2.60. The van der Waals surface area contributed by atoms with Crippen LogP contribution >= 0.6 is 57.4 Å². The molecule has 2 atom stereocenters. The van der Waals surface area contributed by atoms with Crippen LogP contribution in [0.1, 0.15) is 28.9 Å². The molecular weight excluding hydrogens is 514 g/mol. The van der Waals surface area contributed by atoms with Crippen molar-refractivity contribution in [1.82, 2.24) is 5.32 Å². The van der Waals surface area contributed by atoms with Gasteiger partial charge in [0, 0.05) is 26.6 Å². The minimum atomic E-state index is -1.22. The summed E-state index contributed by atoms with van der Waals surface area (Å²) in [5.74, 6) is -0.871. The van der Waals surface area contributed by atoms with E-state index in [1.807, 2.05) is 6.92 Å².